The van der Waals surface area contributed by atoms with Crippen molar-refractivity contribution in [3.8, 4) is 24.3 Å². The standard InChI is InChI=1S/C27H32N4O2/c1-25-9-7-19(32)11-17(25)3-4-20-21-5-6-23(26(21,2)10-8-22(20)25)24(33)12-27(15-30,16-31)18(13-28)14-29/h3,18-23,32H,4-12H2,1-2H3/t19-,20-,21-,22-,23+,25-,26-/m0/s1. The molecule has 6 heteroatoms. The van der Waals surface area contributed by atoms with Crippen molar-refractivity contribution in [2.75, 3.05) is 0 Å². The summed E-state index contributed by atoms with van der Waals surface area (Å²) in [4.78, 5) is 13.5. The zero-order valence-electron chi connectivity index (χ0n) is 19.5. The molecule has 0 aromatic heterocycles. The second kappa shape index (κ2) is 8.28. The Morgan fingerprint density at radius 2 is 1.79 bits per heavy atom. The molecule has 33 heavy (non-hydrogen) atoms. The van der Waals surface area contributed by atoms with Crippen LogP contribution in [0, 0.1) is 91.2 Å². The molecule has 0 spiro atoms. The average Bonchev–Trinajstić information content (AvgIpc) is 3.16. The van der Waals surface area contributed by atoms with Crippen molar-refractivity contribution < 1.29 is 9.90 Å². The molecule has 0 amide bonds. The minimum atomic E-state index is -1.91. The number of hydrogen-bond acceptors (Lipinski definition) is 6. The second-order valence-corrected chi connectivity index (χ2v) is 11.4. The highest BCUT2D eigenvalue weighted by molar-refractivity contribution is 5.84. The number of carbonyl (C=O) groups excluding carboxylic acids is 1. The molecule has 0 aromatic carbocycles. The number of carbonyl (C=O) groups is 1. The number of Topliss-reactive ketones (excluding diaryl/α,β-unsaturated/α-hetero) is 1. The predicted molar refractivity (Wildman–Crippen MR) is 119 cm³/mol. The van der Waals surface area contributed by atoms with Crippen molar-refractivity contribution in [3.05, 3.63) is 11.6 Å². The summed E-state index contributed by atoms with van der Waals surface area (Å²) >= 11 is 0. The molecular formula is C27H32N4O2. The summed E-state index contributed by atoms with van der Waals surface area (Å²) in [5.41, 5.74) is -0.538. The van der Waals surface area contributed by atoms with Crippen molar-refractivity contribution in [1.82, 2.24) is 0 Å². The van der Waals surface area contributed by atoms with E-state index in [9.17, 15) is 30.9 Å². The number of aliphatic hydroxyl groups is 1. The summed E-state index contributed by atoms with van der Waals surface area (Å²) < 4.78 is 0. The lowest BCUT2D eigenvalue weighted by Gasteiger charge is -2.58. The number of rotatable bonds is 4. The molecule has 0 aliphatic heterocycles. The molecule has 6 nitrogen and oxygen atoms in total. The van der Waals surface area contributed by atoms with E-state index in [-0.39, 0.29) is 35.1 Å². The fourth-order valence-corrected chi connectivity index (χ4v) is 8.15. The molecule has 1 N–H and O–H groups in total. The van der Waals surface area contributed by atoms with Crippen LogP contribution in [0.1, 0.15) is 71.6 Å². The Morgan fingerprint density at radius 3 is 2.42 bits per heavy atom. The highest BCUT2D eigenvalue weighted by atomic mass is 16.3. The third-order valence-electron chi connectivity index (χ3n) is 10.1. The average molecular weight is 445 g/mol. The summed E-state index contributed by atoms with van der Waals surface area (Å²) in [6.45, 7) is 4.59. The predicted octanol–water partition coefficient (Wildman–Crippen LogP) is 4.58. The van der Waals surface area contributed by atoms with E-state index >= 15 is 0 Å². The fourth-order valence-electron chi connectivity index (χ4n) is 8.15. The van der Waals surface area contributed by atoms with Crippen LogP contribution in [0.3, 0.4) is 0 Å². The van der Waals surface area contributed by atoms with Crippen molar-refractivity contribution in [2.45, 2.75) is 77.7 Å². The van der Waals surface area contributed by atoms with E-state index in [1.54, 1.807) is 12.1 Å². The molecule has 0 unspecified atom stereocenters. The number of hydrogen-bond donors (Lipinski definition) is 1. The Kier molecular flexibility index (Phi) is 5.89. The van der Waals surface area contributed by atoms with Gasteiger partial charge in [0.05, 0.1) is 30.4 Å². The lowest BCUT2D eigenvalue weighted by Crippen LogP contribution is -2.51. The van der Waals surface area contributed by atoms with E-state index in [0.717, 1.165) is 51.4 Å². The zero-order chi connectivity index (χ0) is 24.0. The van der Waals surface area contributed by atoms with Gasteiger partial charge in [0, 0.05) is 12.3 Å². The Hall–Kier alpha value is -2.67. The minimum Gasteiger partial charge on any atom is -0.393 e. The molecule has 7 atom stereocenters. The van der Waals surface area contributed by atoms with Crippen LogP contribution in [0.15, 0.2) is 11.6 Å². The van der Waals surface area contributed by atoms with Crippen LogP contribution in [0.5, 0.6) is 0 Å². The number of nitrogens with zero attached hydrogens (tertiary/aromatic N) is 4. The lowest BCUT2D eigenvalue weighted by atomic mass is 9.47. The Balaban J connectivity index is 1.58. The summed E-state index contributed by atoms with van der Waals surface area (Å²) in [5, 5.41) is 48.1. The zero-order valence-corrected chi connectivity index (χ0v) is 19.5. The molecule has 0 bridgehead atoms. The molecular weight excluding hydrogens is 412 g/mol. The van der Waals surface area contributed by atoms with E-state index in [2.05, 4.69) is 19.9 Å². The fraction of sp³-hybridized carbons (Fsp3) is 0.741. The van der Waals surface area contributed by atoms with E-state index in [1.807, 2.05) is 12.1 Å². The first-order valence-electron chi connectivity index (χ1n) is 12.2. The third-order valence-corrected chi connectivity index (χ3v) is 10.1. The Bertz CT molecular complexity index is 1010. The number of nitriles is 4. The van der Waals surface area contributed by atoms with Crippen LogP contribution >= 0.6 is 0 Å². The van der Waals surface area contributed by atoms with Crippen LogP contribution in [0.4, 0.5) is 0 Å². The van der Waals surface area contributed by atoms with Crippen molar-refractivity contribution >= 4 is 5.78 Å². The monoisotopic (exact) mass is 444 g/mol. The molecule has 0 saturated heterocycles. The maximum absolute atomic E-state index is 13.5. The van der Waals surface area contributed by atoms with Gasteiger partial charge >= 0.3 is 0 Å². The normalized spacial score (nSPS) is 39.5. The lowest BCUT2D eigenvalue weighted by molar-refractivity contribution is -0.131. The molecule has 0 radical (unpaired) electrons. The first-order valence-corrected chi connectivity index (χ1v) is 12.2. The number of allylic oxidation sites excluding steroid dienone is 1. The third kappa shape index (κ3) is 3.39. The maximum atomic E-state index is 13.5. The van der Waals surface area contributed by atoms with E-state index in [1.165, 1.54) is 5.57 Å². The molecule has 0 heterocycles. The highest BCUT2D eigenvalue weighted by Gasteiger charge is 2.60. The van der Waals surface area contributed by atoms with E-state index in [4.69, 9.17) is 0 Å². The van der Waals surface area contributed by atoms with Gasteiger partial charge in [-0.05, 0) is 80.0 Å². The minimum absolute atomic E-state index is 0.134. The van der Waals surface area contributed by atoms with Gasteiger partial charge in [0.1, 0.15) is 5.78 Å². The quantitative estimate of drug-likeness (QED) is 0.631. The van der Waals surface area contributed by atoms with Gasteiger partial charge in [-0.3, -0.25) is 4.79 Å². The summed E-state index contributed by atoms with van der Waals surface area (Å²) in [6, 6.07) is 7.16. The van der Waals surface area contributed by atoms with Crippen LogP contribution in [0.2, 0.25) is 0 Å². The highest BCUT2D eigenvalue weighted by Crippen LogP contribution is 2.66. The van der Waals surface area contributed by atoms with Gasteiger partial charge in [0.2, 0.25) is 0 Å². The van der Waals surface area contributed by atoms with Gasteiger partial charge in [0.15, 0.2) is 11.3 Å². The Morgan fingerprint density at radius 1 is 1.09 bits per heavy atom. The van der Waals surface area contributed by atoms with Crippen LogP contribution in [-0.2, 0) is 4.79 Å². The van der Waals surface area contributed by atoms with Gasteiger partial charge in [-0.1, -0.05) is 25.5 Å². The first kappa shape index (κ1) is 23.5. The van der Waals surface area contributed by atoms with Gasteiger partial charge in [0.25, 0.3) is 0 Å². The van der Waals surface area contributed by atoms with Crippen LogP contribution in [0.25, 0.3) is 0 Å². The number of ketones is 1. The largest absolute Gasteiger partial charge is 0.393 e. The van der Waals surface area contributed by atoms with Crippen molar-refractivity contribution in [3.63, 3.8) is 0 Å². The number of fused-ring (bicyclic) bond motifs is 5. The molecule has 172 valence electrons. The van der Waals surface area contributed by atoms with Gasteiger partial charge < -0.3 is 5.11 Å². The topological polar surface area (TPSA) is 132 Å². The molecule has 3 saturated carbocycles. The van der Waals surface area contributed by atoms with Crippen LogP contribution in [-0.4, -0.2) is 17.0 Å². The summed E-state index contributed by atoms with van der Waals surface area (Å²) in [5.74, 6) is -0.345. The molecule has 4 aliphatic rings. The van der Waals surface area contributed by atoms with Crippen molar-refractivity contribution in [1.29, 1.82) is 21.0 Å². The van der Waals surface area contributed by atoms with Gasteiger partial charge in [-0.15, -0.1) is 0 Å². The molecule has 3 fully saturated rings. The molecule has 4 rings (SSSR count). The summed E-state index contributed by atoms with van der Waals surface area (Å²) in [7, 11) is 0. The molecule has 4 aliphatic carbocycles. The SMILES string of the molecule is C[C@]12CC[C@H]3[C@@H](CC=C4C[C@@H](O)CC[C@@]43C)[C@@H]1CC[C@@H]2C(=O)CC(C#N)(C#N)C(C#N)C#N. The smallest absolute Gasteiger partial charge is 0.179 e. The number of aliphatic hydroxyl groups excluding tert-OH is 1. The van der Waals surface area contributed by atoms with E-state index < -0.39 is 11.3 Å². The maximum Gasteiger partial charge on any atom is 0.179 e. The second-order valence-electron chi connectivity index (χ2n) is 11.4. The molecule has 0 aromatic rings. The Labute approximate surface area is 196 Å². The summed E-state index contributed by atoms with van der Waals surface area (Å²) in [6.07, 6.45) is 9.12. The van der Waals surface area contributed by atoms with E-state index in [0.29, 0.717) is 17.8 Å². The van der Waals surface area contributed by atoms with Gasteiger partial charge in [-0.2, -0.15) is 21.0 Å². The van der Waals surface area contributed by atoms with Gasteiger partial charge in [-0.25, -0.2) is 0 Å². The van der Waals surface area contributed by atoms with Crippen molar-refractivity contribution in [2.24, 2.45) is 45.8 Å². The van der Waals surface area contributed by atoms with Crippen LogP contribution < -0.4 is 0 Å². The first-order chi connectivity index (χ1) is 15.7.